The van der Waals surface area contributed by atoms with Crippen LogP contribution in [0.5, 0.6) is 0 Å². The number of H-pyrrole nitrogens is 1. The first-order chi connectivity index (χ1) is 14.1. The number of rotatable bonds is 3. The van der Waals surface area contributed by atoms with Crippen molar-refractivity contribution in [1.29, 1.82) is 0 Å². The van der Waals surface area contributed by atoms with E-state index in [9.17, 15) is 9.59 Å². The van der Waals surface area contributed by atoms with Crippen molar-refractivity contribution in [2.45, 2.75) is 19.8 Å². The highest BCUT2D eigenvalue weighted by molar-refractivity contribution is 6.08. The molecule has 4 aromatic rings. The van der Waals surface area contributed by atoms with Crippen LogP contribution in [0.2, 0.25) is 0 Å². The molecule has 7 nitrogen and oxygen atoms in total. The lowest BCUT2D eigenvalue weighted by molar-refractivity contribution is 0.102. The van der Waals surface area contributed by atoms with Gasteiger partial charge in [-0.15, -0.1) is 0 Å². The van der Waals surface area contributed by atoms with Gasteiger partial charge in [0.15, 0.2) is 0 Å². The number of aryl methyl sites for hydroxylation is 1. The molecule has 1 fully saturated rings. The Hall–Kier alpha value is -3.61. The highest BCUT2D eigenvalue weighted by Crippen LogP contribution is 2.27. The van der Waals surface area contributed by atoms with Crippen LogP contribution in [0.3, 0.4) is 0 Å². The van der Waals surface area contributed by atoms with Crippen LogP contribution in [0.1, 0.15) is 28.8 Å². The molecule has 0 radical (unpaired) electrons. The second-order valence-electron chi connectivity index (χ2n) is 7.44. The number of aromatic nitrogens is 3. The molecule has 0 spiro atoms. The normalized spacial score (nSPS) is 14.0. The Labute approximate surface area is 167 Å². The summed E-state index contributed by atoms with van der Waals surface area (Å²) >= 11 is 0. The molecule has 29 heavy (non-hydrogen) atoms. The minimum Gasteiger partial charge on any atom is -0.371 e. The summed E-state index contributed by atoms with van der Waals surface area (Å²) in [7, 11) is 0. The average molecular weight is 387 g/mol. The van der Waals surface area contributed by atoms with E-state index in [1.165, 1.54) is 24.7 Å². The van der Waals surface area contributed by atoms with Crippen molar-refractivity contribution in [2.75, 3.05) is 23.3 Å². The van der Waals surface area contributed by atoms with E-state index in [1.807, 2.05) is 24.3 Å². The summed E-state index contributed by atoms with van der Waals surface area (Å²) in [6, 6.07) is 13.1. The minimum absolute atomic E-state index is 0.242. The smallest absolute Gasteiger partial charge is 0.261 e. The maximum Gasteiger partial charge on any atom is 0.261 e. The van der Waals surface area contributed by atoms with E-state index < -0.39 is 0 Å². The van der Waals surface area contributed by atoms with Crippen molar-refractivity contribution < 1.29 is 4.79 Å². The largest absolute Gasteiger partial charge is 0.371 e. The molecule has 7 heteroatoms. The predicted molar refractivity (Wildman–Crippen MR) is 114 cm³/mol. The highest BCUT2D eigenvalue weighted by atomic mass is 16.2. The minimum atomic E-state index is -0.306. The molecule has 5 rings (SSSR count). The molecule has 2 aromatic heterocycles. The fourth-order valence-electron chi connectivity index (χ4n) is 4.09. The molecule has 0 atom stereocenters. The Balaban J connectivity index is 1.47. The standard InChI is InChI=1S/C22H21N5O2/c1-14-12-15(8-9-18(14)26-10-4-5-11-26)24-22(29)17-13-23-27-19-7-3-2-6-16(19)21(28)25-20(17)27/h2-3,6-9,12-13H,4-5,10-11H2,1H3,(H,24,29)(H,25,28). The zero-order valence-corrected chi connectivity index (χ0v) is 16.1. The number of nitrogens with zero attached hydrogens (tertiary/aromatic N) is 3. The number of benzene rings is 2. The summed E-state index contributed by atoms with van der Waals surface area (Å²) in [5.41, 5.74) is 4.20. The molecule has 2 N–H and O–H groups in total. The molecule has 1 aliphatic rings. The SMILES string of the molecule is Cc1cc(NC(=O)c2cnn3c2[nH]c(=O)c2ccccc23)ccc1N1CCCC1. The van der Waals surface area contributed by atoms with Crippen LogP contribution in [0.4, 0.5) is 11.4 Å². The second-order valence-corrected chi connectivity index (χ2v) is 7.44. The molecule has 1 aliphatic heterocycles. The lowest BCUT2D eigenvalue weighted by atomic mass is 10.1. The van der Waals surface area contributed by atoms with Crippen LogP contribution >= 0.6 is 0 Å². The number of hydrogen-bond donors (Lipinski definition) is 2. The predicted octanol–water partition coefficient (Wildman–Crippen LogP) is 3.34. The lowest BCUT2D eigenvalue weighted by Gasteiger charge is -2.20. The van der Waals surface area contributed by atoms with E-state index in [4.69, 9.17) is 0 Å². The molecule has 146 valence electrons. The number of carbonyl (C=O) groups is 1. The van der Waals surface area contributed by atoms with E-state index in [0.717, 1.165) is 24.3 Å². The van der Waals surface area contributed by atoms with E-state index in [1.54, 1.807) is 16.6 Å². The molecular formula is C22H21N5O2. The van der Waals surface area contributed by atoms with E-state index in [-0.39, 0.29) is 11.5 Å². The van der Waals surface area contributed by atoms with Gasteiger partial charge >= 0.3 is 0 Å². The number of para-hydroxylation sites is 1. The molecular weight excluding hydrogens is 366 g/mol. The molecule has 3 heterocycles. The summed E-state index contributed by atoms with van der Waals surface area (Å²) in [6.45, 7) is 4.22. The van der Waals surface area contributed by atoms with Crippen LogP contribution < -0.4 is 15.8 Å². The molecule has 1 saturated heterocycles. The third-order valence-electron chi connectivity index (χ3n) is 5.52. The first kappa shape index (κ1) is 17.5. The molecule has 0 saturated carbocycles. The monoisotopic (exact) mass is 387 g/mol. The lowest BCUT2D eigenvalue weighted by Crippen LogP contribution is -2.19. The highest BCUT2D eigenvalue weighted by Gasteiger charge is 2.18. The Morgan fingerprint density at radius 2 is 1.93 bits per heavy atom. The topological polar surface area (TPSA) is 82.5 Å². The van der Waals surface area contributed by atoms with Crippen molar-refractivity contribution in [3.05, 3.63) is 70.1 Å². The van der Waals surface area contributed by atoms with Gasteiger partial charge in [0.2, 0.25) is 0 Å². The van der Waals surface area contributed by atoms with Gasteiger partial charge in [0, 0.05) is 24.5 Å². The van der Waals surface area contributed by atoms with E-state index in [2.05, 4.69) is 33.3 Å². The van der Waals surface area contributed by atoms with Crippen LogP contribution in [0.25, 0.3) is 16.6 Å². The molecule has 2 aromatic carbocycles. The van der Waals surface area contributed by atoms with Crippen molar-refractivity contribution in [1.82, 2.24) is 14.6 Å². The third kappa shape index (κ3) is 2.95. The van der Waals surface area contributed by atoms with Gasteiger partial charge in [-0.05, 0) is 55.7 Å². The molecule has 1 amide bonds. The number of amides is 1. The van der Waals surface area contributed by atoms with Crippen molar-refractivity contribution >= 4 is 33.8 Å². The van der Waals surface area contributed by atoms with Gasteiger partial charge in [-0.3, -0.25) is 9.59 Å². The summed E-state index contributed by atoms with van der Waals surface area (Å²) in [5.74, 6) is -0.306. The Morgan fingerprint density at radius 3 is 2.72 bits per heavy atom. The van der Waals surface area contributed by atoms with Gasteiger partial charge in [0.05, 0.1) is 17.1 Å². The second kappa shape index (κ2) is 6.77. The first-order valence-corrected chi connectivity index (χ1v) is 9.77. The molecule has 0 bridgehead atoms. The van der Waals surface area contributed by atoms with Crippen molar-refractivity contribution in [3.63, 3.8) is 0 Å². The Bertz CT molecular complexity index is 1300. The Kier molecular flexibility index (Phi) is 4.08. The zero-order valence-electron chi connectivity index (χ0n) is 16.1. The summed E-state index contributed by atoms with van der Waals surface area (Å²) < 4.78 is 1.59. The van der Waals surface area contributed by atoms with E-state index in [0.29, 0.717) is 22.1 Å². The van der Waals surface area contributed by atoms with E-state index >= 15 is 0 Å². The van der Waals surface area contributed by atoms with Crippen molar-refractivity contribution in [2.24, 2.45) is 0 Å². The van der Waals surface area contributed by atoms with Gasteiger partial charge in [-0.2, -0.15) is 5.10 Å². The quantitative estimate of drug-likeness (QED) is 0.565. The van der Waals surface area contributed by atoms with Gasteiger partial charge in [0.25, 0.3) is 11.5 Å². The number of hydrogen-bond acceptors (Lipinski definition) is 4. The summed E-state index contributed by atoms with van der Waals surface area (Å²) in [5, 5.41) is 7.77. The van der Waals surface area contributed by atoms with Gasteiger partial charge in [-0.25, -0.2) is 4.52 Å². The summed E-state index contributed by atoms with van der Waals surface area (Å²) in [6.07, 6.45) is 3.93. The third-order valence-corrected chi connectivity index (χ3v) is 5.52. The zero-order chi connectivity index (χ0) is 20.0. The molecule has 0 unspecified atom stereocenters. The maximum atomic E-state index is 12.9. The Morgan fingerprint density at radius 1 is 1.14 bits per heavy atom. The number of anilines is 2. The maximum absolute atomic E-state index is 12.9. The van der Waals surface area contributed by atoms with Gasteiger partial charge < -0.3 is 15.2 Å². The number of nitrogens with one attached hydrogen (secondary N) is 2. The van der Waals surface area contributed by atoms with Crippen LogP contribution in [-0.4, -0.2) is 33.6 Å². The number of carbonyl (C=O) groups excluding carboxylic acids is 1. The van der Waals surface area contributed by atoms with Crippen LogP contribution in [0.15, 0.2) is 53.5 Å². The van der Waals surface area contributed by atoms with Gasteiger partial charge in [0.1, 0.15) is 11.2 Å². The average Bonchev–Trinajstić information content (AvgIpc) is 3.38. The van der Waals surface area contributed by atoms with Gasteiger partial charge in [-0.1, -0.05) is 12.1 Å². The first-order valence-electron chi connectivity index (χ1n) is 9.77. The summed E-state index contributed by atoms with van der Waals surface area (Å²) in [4.78, 5) is 30.5. The molecule has 0 aliphatic carbocycles. The fraction of sp³-hybridized carbons (Fsp3) is 0.227. The van der Waals surface area contributed by atoms with Crippen LogP contribution in [-0.2, 0) is 0 Å². The number of fused-ring (bicyclic) bond motifs is 3. The van der Waals surface area contributed by atoms with Crippen LogP contribution in [0, 0.1) is 6.92 Å². The fourth-order valence-corrected chi connectivity index (χ4v) is 4.09. The number of aromatic amines is 1. The van der Waals surface area contributed by atoms with Crippen molar-refractivity contribution in [3.8, 4) is 0 Å².